The summed E-state index contributed by atoms with van der Waals surface area (Å²) >= 11 is 7.77. The van der Waals surface area contributed by atoms with Gasteiger partial charge in [0.1, 0.15) is 12.6 Å². The van der Waals surface area contributed by atoms with Gasteiger partial charge in [-0.05, 0) is 40.6 Å². The summed E-state index contributed by atoms with van der Waals surface area (Å²) in [5.74, 6) is 2.77. The number of allylic oxidation sites excluding steroid dienone is 1. The third kappa shape index (κ3) is 7.46. The molecule has 1 atom stereocenters. The van der Waals surface area contributed by atoms with E-state index in [1.165, 1.54) is 6.20 Å². The highest BCUT2D eigenvalue weighted by Gasteiger charge is 2.05. The highest BCUT2D eigenvalue weighted by molar-refractivity contribution is 14.1. The zero-order chi connectivity index (χ0) is 15.7. The molecule has 1 rings (SSSR count). The van der Waals surface area contributed by atoms with Crippen LogP contribution in [0.5, 0.6) is 0 Å². The molecular weight excluding hydrogens is 403 g/mol. The Bertz CT molecular complexity index is 574. The van der Waals surface area contributed by atoms with E-state index < -0.39 is 0 Å². The zero-order valence-corrected chi connectivity index (χ0v) is 14.8. The molecule has 0 fully saturated rings. The molecule has 1 aromatic carbocycles. The maximum atomic E-state index is 11.8. The number of hydroxylamine groups is 1. The highest BCUT2D eigenvalue weighted by atomic mass is 127. The van der Waals surface area contributed by atoms with Gasteiger partial charge in [0.2, 0.25) is 6.20 Å². The molecule has 0 amide bonds. The Hall–Kier alpha value is -1.10. The summed E-state index contributed by atoms with van der Waals surface area (Å²) < 4.78 is 7.97. The van der Waals surface area contributed by atoms with Crippen LogP contribution >= 0.6 is 34.2 Å². The van der Waals surface area contributed by atoms with Gasteiger partial charge in [0.25, 0.3) is 0 Å². The van der Waals surface area contributed by atoms with Crippen LogP contribution in [0.25, 0.3) is 5.57 Å². The normalized spacial score (nSPS) is 13.5. The van der Waals surface area contributed by atoms with Crippen molar-refractivity contribution in [2.24, 2.45) is 5.11 Å². The molecular formula is C15H16ClIN2O2. The van der Waals surface area contributed by atoms with Crippen LogP contribution in [0.15, 0.2) is 35.6 Å². The van der Waals surface area contributed by atoms with Crippen LogP contribution in [0.4, 0.5) is 0 Å². The van der Waals surface area contributed by atoms with Crippen LogP contribution in [0.1, 0.15) is 19.4 Å². The van der Waals surface area contributed by atoms with Crippen LogP contribution in [0.3, 0.4) is 0 Å². The number of hydrogen-bond donors (Lipinski definition) is 0. The fourth-order valence-corrected chi connectivity index (χ4v) is 1.80. The summed E-state index contributed by atoms with van der Waals surface area (Å²) in [6.07, 6.45) is 1.43. The van der Waals surface area contributed by atoms with Gasteiger partial charge in [-0.3, -0.25) is 0 Å². The Morgan fingerprint density at radius 1 is 1.52 bits per heavy atom. The Morgan fingerprint density at radius 2 is 2.19 bits per heavy atom. The van der Waals surface area contributed by atoms with Crippen molar-refractivity contribution >= 4 is 39.8 Å². The molecule has 0 saturated heterocycles. The van der Waals surface area contributed by atoms with Gasteiger partial charge < -0.3 is 9.94 Å². The number of hydrogen-bond acceptors (Lipinski definition) is 3. The van der Waals surface area contributed by atoms with Gasteiger partial charge in [0.15, 0.2) is 0 Å². The van der Waals surface area contributed by atoms with Crippen LogP contribution in [0, 0.1) is 15.1 Å². The molecule has 21 heavy (non-hydrogen) atoms. The molecule has 0 aromatic heterocycles. The summed E-state index contributed by atoms with van der Waals surface area (Å²) in [7, 11) is 0. The fraction of sp³-hybridized carbons (Fsp3) is 0.333. The van der Waals surface area contributed by atoms with Crippen LogP contribution < -0.4 is 0 Å². The summed E-state index contributed by atoms with van der Waals surface area (Å²) in [5, 5.41) is 16.4. The minimum atomic E-state index is -0.229. The van der Waals surface area contributed by atoms with E-state index in [-0.39, 0.29) is 6.04 Å². The maximum absolute atomic E-state index is 11.8. The first-order valence-corrected chi connectivity index (χ1v) is 7.76. The first-order valence-electron chi connectivity index (χ1n) is 6.30. The molecule has 0 aliphatic heterocycles. The molecule has 1 unspecified atom stereocenters. The number of nitrogens with zero attached hydrogens (tertiary/aromatic N) is 2. The first kappa shape index (κ1) is 18.0. The molecule has 0 saturated carbocycles. The van der Waals surface area contributed by atoms with Crippen molar-refractivity contribution in [3.8, 4) is 9.85 Å². The lowest BCUT2D eigenvalue weighted by molar-refractivity contribution is -0.461. The summed E-state index contributed by atoms with van der Waals surface area (Å²) in [6.45, 7) is 4.37. The van der Waals surface area contributed by atoms with Crippen molar-refractivity contribution in [2.75, 3.05) is 13.2 Å². The first-order chi connectivity index (χ1) is 10.0. The quantitative estimate of drug-likeness (QED) is 0.171. The minimum absolute atomic E-state index is 0.229. The van der Waals surface area contributed by atoms with E-state index in [9.17, 15) is 5.21 Å². The molecule has 0 spiro atoms. The van der Waals surface area contributed by atoms with E-state index in [2.05, 4.69) is 15.0 Å². The van der Waals surface area contributed by atoms with Crippen LogP contribution in [-0.2, 0) is 4.74 Å². The van der Waals surface area contributed by atoms with Gasteiger partial charge >= 0.3 is 0 Å². The van der Waals surface area contributed by atoms with E-state index >= 15 is 0 Å². The second kappa shape index (κ2) is 9.77. The average molecular weight is 419 g/mol. The van der Waals surface area contributed by atoms with Crippen LogP contribution in [-0.4, -0.2) is 24.1 Å². The molecule has 4 nitrogen and oxygen atoms in total. The minimum Gasteiger partial charge on any atom is -0.595 e. The Labute approximate surface area is 143 Å². The van der Waals surface area contributed by atoms with Gasteiger partial charge in [-0.2, -0.15) is 0 Å². The summed E-state index contributed by atoms with van der Waals surface area (Å²) in [5.41, 5.74) is 1.74. The molecule has 1 aromatic rings. The monoisotopic (exact) mass is 418 g/mol. The summed E-state index contributed by atoms with van der Waals surface area (Å²) in [6, 6.07) is 7.05. The SMILES string of the molecule is CC(=C[N+]([O-])=NC(C)COCC#CI)c1ccc(Cl)cc1. The van der Waals surface area contributed by atoms with Crippen molar-refractivity contribution < 1.29 is 9.60 Å². The van der Waals surface area contributed by atoms with Gasteiger partial charge in [-0.1, -0.05) is 34.5 Å². The molecule has 112 valence electrons. The Balaban J connectivity index is 2.61. The molecule has 0 heterocycles. The number of rotatable bonds is 6. The van der Waals surface area contributed by atoms with Gasteiger partial charge in [-0.25, -0.2) is 0 Å². The van der Waals surface area contributed by atoms with Gasteiger partial charge in [0.05, 0.1) is 6.61 Å². The average Bonchev–Trinajstić information content (AvgIpc) is 2.44. The van der Waals surface area contributed by atoms with E-state index in [4.69, 9.17) is 16.3 Å². The number of azo groups is 1. The van der Waals surface area contributed by atoms with Crippen molar-refractivity contribution in [3.63, 3.8) is 0 Å². The second-order valence-corrected chi connectivity index (χ2v) is 5.35. The number of benzene rings is 1. The highest BCUT2D eigenvalue weighted by Crippen LogP contribution is 2.17. The molecule has 0 radical (unpaired) electrons. The van der Waals surface area contributed by atoms with E-state index in [1.807, 2.05) is 48.6 Å². The predicted molar refractivity (Wildman–Crippen MR) is 93.2 cm³/mol. The maximum Gasteiger partial charge on any atom is 0.212 e. The molecule has 6 heteroatoms. The van der Waals surface area contributed by atoms with E-state index in [1.54, 1.807) is 12.1 Å². The largest absolute Gasteiger partial charge is 0.595 e. The van der Waals surface area contributed by atoms with Crippen molar-refractivity contribution in [1.29, 1.82) is 0 Å². The second-order valence-electron chi connectivity index (χ2n) is 4.37. The lowest BCUT2D eigenvalue weighted by Gasteiger charge is -2.04. The van der Waals surface area contributed by atoms with Crippen molar-refractivity contribution in [1.82, 2.24) is 0 Å². The summed E-state index contributed by atoms with van der Waals surface area (Å²) in [4.78, 5) is 0.571. The van der Waals surface area contributed by atoms with Crippen LogP contribution in [0.2, 0.25) is 5.02 Å². The van der Waals surface area contributed by atoms with Crippen molar-refractivity contribution in [2.45, 2.75) is 19.9 Å². The fourth-order valence-electron chi connectivity index (χ4n) is 1.52. The van der Waals surface area contributed by atoms with E-state index in [0.29, 0.717) is 23.1 Å². The van der Waals surface area contributed by atoms with E-state index in [0.717, 1.165) is 11.1 Å². The standard InChI is InChI=1S/C15H16ClIN2O2/c1-12(14-4-6-15(16)7-5-14)10-19(20)18-13(2)11-21-9-3-8-17/h4-7,10,13H,9,11H2,1-2H3. The molecule has 0 aliphatic rings. The third-order valence-corrected chi connectivity index (χ3v) is 3.15. The Kier molecular flexibility index (Phi) is 8.35. The topological polar surface area (TPSA) is 47.7 Å². The van der Waals surface area contributed by atoms with Gasteiger partial charge in [0, 0.05) is 33.2 Å². The smallest absolute Gasteiger partial charge is 0.212 e. The van der Waals surface area contributed by atoms with Crippen molar-refractivity contribution in [3.05, 3.63) is 46.3 Å². The number of halogens is 2. The zero-order valence-electron chi connectivity index (χ0n) is 11.8. The third-order valence-electron chi connectivity index (χ3n) is 2.51. The van der Waals surface area contributed by atoms with Gasteiger partial charge in [-0.15, -0.1) is 0 Å². The molecule has 0 aliphatic carbocycles. The molecule has 0 bridgehead atoms. The molecule has 0 N–H and O–H groups in total. The lowest BCUT2D eigenvalue weighted by atomic mass is 10.1. The Morgan fingerprint density at radius 3 is 2.81 bits per heavy atom. The lowest BCUT2D eigenvalue weighted by Crippen LogP contribution is -2.11. The number of ether oxygens (including phenoxy) is 1. The predicted octanol–water partition coefficient (Wildman–Crippen LogP) is 4.46.